The third-order valence-corrected chi connectivity index (χ3v) is 2.39. The van der Waals surface area contributed by atoms with Gasteiger partial charge in [0, 0.05) is 5.39 Å². The average molecular weight is 242 g/mol. The van der Waals surface area contributed by atoms with Crippen molar-refractivity contribution in [2.75, 3.05) is 12.6 Å². The summed E-state index contributed by atoms with van der Waals surface area (Å²) >= 11 is 3.40. The molecule has 2 rings (SSSR count). The van der Waals surface area contributed by atoms with Gasteiger partial charge in [-0.1, -0.05) is 6.07 Å². The van der Waals surface area contributed by atoms with Crippen LogP contribution in [0.25, 0.3) is 11.0 Å². The van der Waals surface area contributed by atoms with Gasteiger partial charge in [0.05, 0.1) is 11.6 Å². The third kappa shape index (κ3) is 1.43. The van der Waals surface area contributed by atoms with E-state index in [2.05, 4.69) is 21.4 Å². The predicted octanol–water partition coefficient (Wildman–Crippen LogP) is 3.17. The van der Waals surface area contributed by atoms with E-state index in [1.165, 1.54) is 0 Å². The molecule has 0 atom stereocenters. The molecule has 3 nitrogen and oxygen atoms in total. The molecule has 0 amide bonds. The van der Waals surface area contributed by atoms with E-state index < -0.39 is 0 Å². The monoisotopic (exact) mass is 241 g/mol. The maximum absolute atomic E-state index is 5.34. The van der Waals surface area contributed by atoms with Crippen LogP contribution in [0.4, 0.5) is 5.69 Å². The Morgan fingerprint density at radius 1 is 1.46 bits per heavy atom. The van der Waals surface area contributed by atoms with Gasteiger partial charge in [0.25, 0.3) is 0 Å². The highest BCUT2D eigenvalue weighted by Gasteiger charge is 2.06. The number of benzene rings is 1. The van der Waals surface area contributed by atoms with E-state index in [4.69, 9.17) is 9.25 Å². The van der Waals surface area contributed by atoms with Gasteiger partial charge in [0.1, 0.15) is 17.5 Å². The van der Waals surface area contributed by atoms with Crippen molar-refractivity contribution in [2.45, 2.75) is 0 Å². The summed E-state index contributed by atoms with van der Waals surface area (Å²) in [6, 6.07) is 5.84. The first-order valence-electron chi connectivity index (χ1n) is 3.77. The normalized spacial score (nSPS) is 10.6. The number of para-hydroxylation sites is 1. The Morgan fingerprint density at radius 2 is 2.31 bits per heavy atom. The smallest absolute Gasteiger partial charge is 0.150 e. The van der Waals surface area contributed by atoms with Crippen LogP contribution in [-0.4, -0.2) is 7.11 Å². The first kappa shape index (κ1) is 8.59. The predicted molar refractivity (Wildman–Crippen MR) is 54.5 cm³/mol. The highest BCUT2D eigenvalue weighted by atomic mass is 79.9. The molecule has 0 unspecified atom stereocenters. The number of rotatable bonds is 2. The molecule has 0 fully saturated rings. The Hall–Kier alpha value is -1.00. The number of furan rings is 1. The molecular formula is C9H8BrNO2. The molecule has 1 aromatic carbocycles. The van der Waals surface area contributed by atoms with Gasteiger partial charge in [-0.05, 0) is 28.1 Å². The zero-order chi connectivity index (χ0) is 9.26. The Bertz CT molecular complexity index is 424. The number of halogens is 1. The minimum atomic E-state index is 0.821. The van der Waals surface area contributed by atoms with Gasteiger partial charge in [-0.15, -0.1) is 0 Å². The van der Waals surface area contributed by atoms with E-state index >= 15 is 0 Å². The molecule has 1 N–H and O–H groups in total. The summed E-state index contributed by atoms with van der Waals surface area (Å²) in [4.78, 5) is 4.81. The molecule has 0 spiro atoms. The van der Waals surface area contributed by atoms with Crippen molar-refractivity contribution in [3.63, 3.8) is 0 Å². The highest BCUT2D eigenvalue weighted by molar-refractivity contribution is 9.10. The lowest BCUT2D eigenvalue weighted by atomic mass is 10.2. The molecule has 0 radical (unpaired) electrons. The molecule has 68 valence electrons. The molecule has 0 bridgehead atoms. The lowest BCUT2D eigenvalue weighted by Gasteiger charge is -1.98. The van der Waals surface area contributed by atoms with Gasteiger partial charge in [-0.3, -0.25) is 10.3 Å². The minimum Gasteiger partial charge on any atom is -0.461 e. The van der Waals surface area contributed by atoms with E-state index in [-0.39, 0.29) is 0 Å². The third-order valence-electron chi connectivity index (χ3n) is 1.76. The van der Waals surface area contributed by atoms with Crippen molar-refractivity contribution in [1.29, 1.82) is 0 Å². The lowest BCUT2D eigenvalue weighted by Crippen LogP contribution is -1.93. The second kappa shape index (κ2) is 3.40. The summed E-state index contributed by atoms with van der Waals surface area (Å²) in [5.41, 5.74) is 4.40. The number of hydrogen-bond donors (Lipinski definition) is 1. The lowest BCUT2D eigenvalue weighted by molar-refractivity contribution is 0.271. The summed E-state index contributed by atoms with van der Waals surface area (Å²) in [5, 5.41) is 0.997. The Balaban J connectivity index is 2.61. The van der Waals surface area contributed by atoms with Gasteiger partial charge in [0.15, 0.2) is 0 Å². The minimum absolute atomic E-state index is 0.821. The standard InChI is InChI=1S/C9H8BrNO2/c1-12-11-8-5-13-9-6(8)3-2-4-7(9)10/h2-5,11H,1H3. The maximum Gasteiger partial charge on any atom is 0.150 e. The molecule has 4 heteroatoms. The van der Waals surface area contributed by atoms with Crippen LogP contribution in [0.2, 0.25) is 0 Å². The summed E-state index contributed by atoms with van der Waals surface area (Å²) in [5.74, 6) is 0. The van der Waals surface area contributed by atoms with Crippen LogP contribution in [0.5, 0.6) is 0 Å². The van der Waals surface area contributed by atoms with Crippen molar-refractivity contribution >= 4 is 32.6 Å². The molecule has 0 aliphatic rings. The van der Waals surface area contributed by atoms with Crippen molar-refractivity contribution < 1.29 is 9.25 Å². The Kier molecular flexibility index (Phi) is 2.24. The van der Waals surface area contributed by atoms with E-state index in [1.807, 2.05) is 18.2 Å². The summed E-state index contributed by atoms with van der Waals surface area (Å²) < 4.78 is 6.28. The van der Waals surface area contributed by atoms with E-state index in [1.54, 1.807) is 13.4 Å². The molecule has 0 aliphatic carbocycles. The van der Waals surface area contributed by atoms with Crippen LogP contribution in [0.1, 0.15) is 0 Å². The summed E-state index contributed by atoms with van der Waals surface area (Å²) in [7, 11) is 1.57. The fourth-order valence-electron chi connectivity index (χ4n) is 1.21. The van der Waals surface area contributed by atoms with E-state index in [0.717, 1.165) is 21.1 Å². The van der Waals surface area contributed by atoms with Crippen LogP contribution in [0.15, 0.2) is 33.4 Å². The van der Waals surface area contributed by atoms with E-state index in [9.17, 15) is 0 Å². The highest BCUT2D eigenvalue weighted by Crippen LogP contribution is 2.30. The molecule has 1 aromatic heterocycles. The van der Waals surface area contributed by atoms with Crippen LogP contribution < -0.4 is 5.48 Å². The average Bonchev–Trinajstić information content (AvgIpc) is 2.51. The van der Waals surface area contributed by atoms with Gasteiger partial charge in [-0.2, -0.15) is 0 Å². The van der Waals surface area contributed by atoms with Gasteiger partial charge < -0.3 is 4.42 Å². The maximum atomic E-state index is 5.34. The second-order valence-corrected chi connectivity index (χ2v) is 3.43. The second-order valence-electron chi connectivity index (χ2n) is 2.57. The molecular weight excluding hydrogens is 234 g/mol. The number of hydrogen-bond acceptors (Lipinski definition) is 3. The zero-order valence-electron chi connectivity index (χ0n) is 7.00. The fourth-order valence-corrected chi connectivity index (χ4v) is 1.67. The Labute approximate surface area is 83.8 Å². The summed E-state index contributed by atoms with van der Waals surface area (Å²) in [6.45, 7) is 0. The van der Waals surface area contributed by atoms with Crippen molar-refractivity contribution in [3.05, 3.63) is 28.9 Å². The molecule has 0 saturated heterocycles. The zero-order valence-corrected chi connectivity index (χ0v) is 8.59. The molecule has 0 saturated carbocycles. The largest absolute Gasteiger partial charge is 0.461 e. The molecule has 13 heavy (non-hydrogen) atoms. The molecule has 2 aromatic rings. The van der Waals surface area contributed by atoms with Crippen molar-refractivity contribution in [2.24, 2.45) is 0 Å². The van der Waals surface area contributed by atoms with Crippen LogP contribution in [0, 0.1) is 0 Å². The quantitative estimate of drug-likeness (QED) is 0.821. The molecule has 1 heterocycles. The first-order chi connectivity index (χ1) is 6.33. The number of nitrogens with one attached hydrogen (secondary N) is 1. The van der Waals surface area contributed by atoms with Crippen molar-refractivity contribution in [1.82, 2.24) is 0 Å². The van der Waals surface area contributed by atoms with Gasteiger partial charge in [-0.25, -0.2) is 0 Å². The fraction of sp³-hybridized carbons (Fsp3) is 0.111. The molecule has 0 aliphatic heterocycles. The van der Waals surface area contributed by atoms with Crippen LogP contribution >= 0.6 is 15.9 Å². The summed E-state index contributed by atoms with van der Waals surface area (Å²) in [6.07, 6.45) is 1.62. The van der Waals surface area contributed by atoms with Crippen LogP contribution in [0.3, 0.4) is 0 Å². The van der Waals surface area contributed by atoms with Crippen molar-refractivity contribution in [3.8, 4) is 0 Å². The van der Waals surface area contributed by atoms with Gasteiger partial charge >= 0.3 is 0 Å². The van der Waals surface area contributed by atoms with E-state index in [0.29, 0.717) is 0 Å². The number of fused-ring (bicyclic) bond motifs is 1. The van der Waals surface area contributed by atoms with Crippen LogP contribution in [-0.2, 0) is 4.84 Å². The number of anilines is 1. The van der Waals surface area contributed by atoms with Gasteiger partial charge in [0.2, 0.25) is 0 Å². The first-order valence-corrected chi connectivity index (χ1v) is 4.57. The Morgan fingerprint density at radius 3 is 3.08 bits per heavy atom. The SMILES string of the molecule is CONc1coc2c(Br)cccc12. The topological polar surface area (TPSA) is 34.4 Å².